The van der Waals surface area contributed by atoms with Crippen LogP contribution in [0.2, 0.25) is 0 Å². The number of carbonyl (C=O) groups excluding carboxylic acids is 2. The van der Waals surface area contributed by atoms with Crippen molar-refractivity contribution in [3.8, 4) is 5.75 Å². The largest absolute Gasteiger partial charge is 0.573 e. The van der Waals surface area contributed by atoms with Crippen molar-refractivity contribution in [2.45, 2.75) is 12.8 Å². The molecule has 0 saturated carbocycles. The SMILES string of the molecule is O=C(COC(=O)Cc1cccc2ccccc12)Nc1ccc(OC(F)(F)F)cc1. The standard InChI is InChI=1S/C21H16F3NO4/c22-21(23,24)29-17-10-8-16(9-11-17)25-19(26)13-28-20(27)12-15-6-3-5-14-4-1-2-7-18(14)15/h1-11H,12-13H2,(H,25,26). The summed E-state index contributed by atoms with van der Waals surface area (Å²) in [5.74, 6) is -1.58. The Morgan fingerprint density at radius 2 is 1.59 bits per heavy atom. The highest BCUT2D eigenvalue weighted by Gasteiger charge is 2.30. The maximum absolute atomic E-state index is 12.1. The van der Waals surface area contributed by atoms with Crippen molar-refractivity contribution in [3.63, 3.8) is 0 Å². The van der Waals surface area contributed by atoms with Gasteiger partial charge in [-0.25, -0.2) is 0 Å². The second-order valence-corrected chi connectivity index (χ2v) is 6.10. The number of carbonyl (C=O) groups is 2. The fourth-order valence-corrected chi connectivity index (χ4v) is 2.74. The molecule has 0 aliphatic carbocycles. The molecule has 0 unspecified atom stereocenters. The minimum atomic E-state index is -4.79. The van der Waals surface area contributed by atoms with E-state index in [0.29, 0.717) is 0 Å². The molecule has 3 rings (SSSR count). The molecule has 0 bridgehead atoms. The molecule has 1 amide bonds. The van der Waals surface area contributed by atoms with E-state index in [1.807, 2.05) is 42.5 Å². The number of rotatable bonds is 6. The molecule has 0 spiro atoms. The molecule has 0 saturated heterocycles. The quantitative estimate of drug-likeness (QED) is 0.617. The summed E-state index contributed by atoms with van der Waals surface area (Å²) in [6, 6.07) is 17.8. The highest BCUT2D eigenvalue weighted by molar-refractivity contribution is 5.93. The lowest BCUT2D eigenvalue weighted by molar-refractivity contribution is -0.274. The van der Waals surface area contributed by atoms with Gasteiger partial charge in [0.05, 0.1) is 6.42 Å². The summed E-state index contributed by atoms with van der Waals surface area (Å²) in [5, 5.41) is 4.35. The highest BCUT2D eigenvalue weighted by Crippen LogP contribution is 2.24. The molecule has 0 atom stereocenters. The molecule has 0 radical (unpaired) electrons. The lowest BCUT2D eigenvalue weighted by atomic mass is 10.0. The molecule has 0 heterocycles. The highest BCUT2D eigenvalue weighted by atomic mass is 19.4. The molecule has 5 nitrogen and oxygen atoms in total. The van der Waals surface area contributed by atoms with E-state index >= 15 is 0 Å². The zero-order valence-corrected chi connectivity index (χ0v) is 15.0. The van der Waals surface area contributed by atoms with Crippen LogP contribution in [0.5, 0.6) is 5.75 Å². The lowest BCUT2D eigenvalue weighted by Gasteiger charge is -2.10. The second kappa shape index (κ2) is 8.64. The monoisotopic (exact) mass is 403 g/mol. The Bertz CT molecular complexity index is 1010. The third-order valence-corrected chi connectivity index (χ3v) is 3.95. The molecule has 29 heavy (non-hydrogen) atoms. The van der Waals surface area contributed by atoms with Gasteiger partial charge in [0.15, 0.2) is 6.61 Å². The number of esters is 1. The van der Waals surface area contributed by atoms with Gasteiger partial charge in [0.1, 0.15) is 5.75 Å². The molecule has 8 heteroatoms. The molecule has 0 aliphatic heterocycles. The molecule has 1 N–H and O–H groups in total. The summed E-state index contributed by atoms with van der Waals surface area (Å²) in [5.41, 5.74) is 1.03. The fraction of sp³-hybridized carbons (Fsp3) is 0.143. The van der Waals surface area contributed by atoms with Gasteiger partial charge < -0.3 is 14.8 Å². The number of hydrogen-bond donors (Lipinski definition) is 1. The zero-order valence-electron chi connectivity index (χ0n) is 15.0. The van der Waals surface area contributed by atoms with Crippen LogP contribution in [0.4, 0.5) is 18.9 Å². The van der Waals surface area contributed by atoms with Crippen molar-refractivity contribution in [2.75, 3.05) is 11.9 Å². The maximum atomic E-state index is 12.1. The van der Waals surface area contributed by atoms with Gasteiger partial charge in [-0.1, -0.05) is 42.5 Å². The lowest BCUT2D eigenvalue weighted by Crippen LogP contribution is -2.21. The van der Waals surface area contributed by atoms with Crippen molar-refractivity contribution in [3.05, 3.63) is 72.3 Å². The topological polar surface area (TPSA) is 64.6 Å². The van der Waals surface area contributed by atoms with Crippen molar-refractivity contribution >= 4 is 28.3 Å². The first-order chi connectivity index (χ1) is 13.8. The predicted octanol–water partition coefficient (Wildman–Crippen LogP) is 4.46. The number of amides is 1. The first kappa shape index (κ1) is 20.2. The number of benzene rings is 3. The van der Waals surface area contributed by atoms with Gasteiger partial charge >= 0.3 is 12.3 Å². The van der Waals surface area contributed by atoms with E-state index in [9.17, 15) is 22.8 Å². The molecular weight excluding hydrogens is 387 g/mol. The number of hydrogen-bond acceptors (Lipinski definition) is 4. The number of fused-ring (bicyclic) bond motifs is 1. The van der Waals surface area contributed by atoms with E-state index in [-0.39, 0.29) is 12.1 Å². The Balaban J connectivity index is 1.50. The summed E-state index contributed by atoms with van der Waals surface area (Å²) in [6.07, 6.45) is -4.78. The molecule has 0 aromatic heterocycles. The summed E-state index contributed by atoms with van der Waals surface area (Å²) in [4.78, 5) is 24.0. The van der Waals surface area contributed by atoms with Gasteiger partial charge in [0.2, 0.25) is 0 Å². The van der Waals surface area contributed by atoms with Gasteiger partial charge in [-0.15, -0.1) is 13.2 Å². The van der Waals surface area contributed by atoms with Crippen LogP contribution >= 0.6 is 0 Å². The first-order valence-corrected chi connectivity index (χ1v) is 8.58. The molecule has 0 aliphatic rings. The van der Waals surface area contributed by atoms with Crippen molar-refractivity contribution in [2.24, 2.45) is 0 Å². The van der Waals surface area contributed by atoms with Crippen LogP contribution in [0, 0.1) is 0 Å². The van der Waals surface area contributed by atoms with Crippen LogP contribution in [0.1, 0.15) is 5.56 Å². The average molecular weight is 403 g/mol. The second-order valence-electron chi connectivity index (χ2n) is 6.10. The average Bonchev–Trinajstić information content (AvgIpc) is 2.67. The van der Waals surface area contributed by atoms with Crippen molar-refractivity contribution < 1.29 is 32.2 Å². The van der Waals surface area contributed by atoms with Crippen LogP contribution in [0.3, 0.4) is 0 Å². The maximum Gasteiger partial charge on any atom is 0.573 e. The van der Waals surface area contributed by atoms with E-state index in [0.717, 1.165) is 28.5 Å². The summed E-state index contributed by atoms with van der Waals surface area (Å²) in [6.45, 7) is -0.510. The Morgan fingerprint density at radius 3 is 2.31 bits per heavy atom. The van der Waals surface area contributed by atoms with E-state index in [2.05, 4.69) is 10.1 Å². The first-order valence-electron chi connectivity index (χ1n) is 8.58. The Labute approximate surface area is 164 Å². The number of halogens is 3. The van der Waals surface area contributed by atoms with Crippen LogP contribution in [-0.4, -0.2) is 24.8 Å². The number of ether oxygens (including phenoxy) is 2. The summed E-state index contributed by atoms with van der Waals surface area (Å²) < 4.78 is 45.1. The zero-order chi connectivity index (χ0) is 20.9. The van der Waals surface area contributed by atoms with Gasteiger partial charge in [-0.05, 0) is 40.6 Å². The van der Waals surface area contributed by atoms with Gasteiger partial charge in [-0.3, -0.25) is 9.59 Å². The summed E-state index contributed by atoms with van der Waals surface area (Å²) >= 11 is 0. The van der Waals surface area contributed by atoms with Gasteiger partial charge in [-0.2, -0.15) is 0 Å². The number of nitrogens with one attached hydrogen (secondary N) is 1. The molecule has 3 aromatic carbocycles. The Kier molecular flexibility index (Phi) is 6.01. The minimum absolute atomic E-state index is 0.0120. The van der Waals surface area contributed by atoms with Crippen LogP contribution in [0.25, 0.3) is 10.8 Å². The van der Waals surface area contributed by atoms with Crippen molar-refractivity contribution in [1.29, 1.82) is 0 Å². The Hall–Kier alpha value is -3.55. The summed E-state index contributed by atoms with van der Waals surface area (Å²) in [7, 11) is 0. The van der Waals surface area contributed by atoms with E-state index in [4.69, 9.17) is 4.74 Å². The number of alkyl halides is 3. The normalized spacial score (nSPS) is 11.1. The molecule has 3 aromatic rings. The smallest absolute Gasteiger partial charge is 0.455 e. The minimum Gasteiger partial charge on any atom is -0.455 e. The third kappa shape index (κ3) is 5.97. The van der Waals surface area contributed by atoms with E-state index in [1.165, 1.54) is 12.1 Å². The van der Waals surface area contributed by atoms with Crippen LogP contribution in [0.15, 0.2) is 66.7 Å². The van der Waals surface area contributed by atoms with Crippen LogP contribution < -0.4 is 10.1 Å². The third-order valence-electron chi connectivity index (χ3n) is 3.95. The van der Waals surface area contributed by atoms with Crippen LogP contribution in [-0.2, 0) is 20.7 Å². The van der Waals surface area contributed by atoms with Gasteiger partial charge in [0, 0.05) is 5.69 Å². The molecular formula is C21H16F3NO4. The van der Waals surface area contributed by atoms with Gasteiger partial charge in [0.25, 0.3) is 5.91 Å². The fourth-order valence-electron chi connectivity index (χ4n) is 2.74. The predicted molar refractivity (Wildman–Crippen MR) is 100 cm³/mol. The van der Waals surface area contributed by atoms with E-state index in [1.54, 1.807) is 0 Å². The number of anilines is 1. The molecule has 0 fully saturated rings. The molecule has 150 valence electrons. The van der Waals surface area contributed by atoms with E-state index < -0.39 is 30.6 Å². The van der Waals surface area contributed by atoms with Crippen molar-refractivity contribution in [1.82, 2.24) is 0 Å². The Morgan fingerprint density at radius 1 is 0.897 bits per heavy atom.